The number of aliphatic hydroxyl groups excluding tert-OH is 1. The van der Waals surface area contributed by atoms with Crippen molar-refractivity contribution in [1.82, 2.24) is 4.57 Å². The van der Waals surface area contributed by atoms with Crippen LogP contribution >= 0.6 is 0 Å². The van der Waals surface area contributed by atoms with Crippen LogP contribution in [0, 0.1) is 0 Å². The SMILES string of the molecule is COC(=O)c1ccn2c1C[C@H](O)C2. The molecule has 0 unspecified atom stereocenters. The van der Waals surface area contributed by atoms with Gasteiger partial charge in [-0.3, -0.25) is 0 Å². The van der Waals surface area contributed by atoms with Gasteiger partial charge in [0, 0.05) is 24.9 Å². The Hall–Kier alpha value is -1.29. The molecule has 0 aliphatic carbocycles. The van der Waals surface area contributed by atoms with Gasteiger partial charge in [-0.2, -0.15) is 0 Å². The van der Waals surface area contributed by atoms with Crippen molar-refractivity contribution < 1.29 is 14.6 Å². The Morgan fingerprint density at radius 2 is 2.54 bits per heavy atom. The normalized spacial score (nSPS) is 20.0. The summed E-state index contributed by atoms with van der Waals surface area (Å²) in [6.07, 6.45) is 1.98. The van der Waals surface area contributed by atoms with Crippen molar-refractivity contribution in [2.75, 3.05) is 7.11 Å². The molecule has 13 heavy (non-hydrogen) atoms. The Morgan fingerprint density at radius 1 is 1.77 bits per heavy atom. The molecule has 0 bridgehead atoms. The molecule has 1 N–H and O–H groups in total. The molecule has 0 saturated heterocycles. The van der Waals surface area contributed by atoms with Crippen molar-refractivity contribution in [3.05, 3.63) is 23.5 Å². The van der Waals surface area contributed by atoms with E-state index in [1.54, 1.807) is 12.3 Å². The van der Waals surface area contributed by atoms with Crippen molar-refractivity contribution in [3.63, 3.8) is 0 Å². The van der Waals surface area contributed by atoms with Crippen LogP contribution in [0.4, 0.5) is 0 Å². The number of aliphatic hydroxyl groups is 1. The van der Waals surface area contributed by atoms with Crippen LogP contribution in [0.1, 0.15) is 16.1 Å². The molecule has 0 amide bonds. The minimum Gasteiger partial charge on any atom is -0.465 e. The van der Waals surface area contributed by atoms with E-state index in [0.29, 0.717) is 18.5 Å². The standard InChI is InChI=1S/C9H11NO3/c1-13-9(12)7-2-3-10-5-6(11)4-8(7)10/h2-3,6,11H,4-5H2,1H3/t6-/m0/s1. The first kappa shape index (κ1) is 8.31. The third-order valence-corrected chi connectivity index (χ3v) is 2.32. The highest BCUT2D eigenvalue weighted by atomic mass is 16.5. The van der Waals surface area contributed by atoms with Crippen LogP contribution in [-0.4, -0.2) is 28.9 Å². The van der Waals surface area contributed by atoms with Gasteiger partial charge in [-0.05, 0) is 6.07 Å². The van der Waals surface area contributed by atoms with E-state index in [-0.39, 0.29) is 12.1 Å². The fourth-order valence-electron chi connectivity index (χ4n) is 1.71. The Balaban J connectivity index is 2.35. The van der Waals surface area contributed by atoms with E-state index in [4.69, 9.17) is 0 Å². The molecule has 0 aromatic carbocycles. The Labute approximate surface area is 75.7 Å². The lowest BCUT2D eigenvalue weighted by Crippen LogP contribution is -2.07. The molecule has 4 heteroatoms. The summed E-state index contributed by atoms with van der Waals surface area (Å²) >= 11 is 0. The first-order chi connectivity index (χ1) is 6.22. The largest absolute Gasteiger partial charge is 0.465 e. The zero-order valence-corrected chi connectivity index (χ0v) is 7.36. The van der Waals surface area contributed by atoms with Crippen LogP contribution in [0.3, 0.4) is 0 Å². The first-order valence-electron chi connectivity index (χ1n) is 4.16. The zero-order valence-electron chi connectivity index (χ0n) is 7.36. The Kier molecular flexibility index (Phi) is 1.84. The molecule has 1 aliphatic rings. The van der Waals surface area contributed by atoms with Crippen LogP contribution in [0.2, 0.25) is 0 Å². The van der Waals surface area contributed by atoms with Crippen molar-refractivity contribution in [3.8, 4) is 0 Å². The van der Waals surface area contributed by atoms with Crippen LogP contribution < -0.4 is 0 Å². The summed E-state index contributed by atoms with van der Waals surface area (Å²) in [5.74, 6) is -0.331. The second-order valence-corrected chi connectivity index (χ2v) is 3.18. The molecule has 0 fully saturated rings. The summed E-state index contributed by atoms with van der Waals surface area (Å²) in [5.41, 5.74) is 1.44. The second kappa shape index (κ2) is 2.88. The fourth-order valence-corrected chi connectivity index (χ4v) is 1.71. The van der Waals surface area contributed by atoms with E-state index in [1.165, 1.54) is 7.11 Å². The van der Waals surface area contributed by atoms with Gasteiger partial charge < -0.3 is 14.4 Å². The van der Waals surface area contributed by atoms with Crippen molar-refractivity contribution in [1.29, 1.82) is 0 Å². The number of ether oxygens (including phenoxy) is 1. The third kappa shape index (κ3) is 1.23. The minimum absolute atomic E-state index is 0.331. The number of rotatable bonds is 1. The molecular formula is C9H11NO3. The molecule has 1 aromatic heterocycles. The Bertz CT molecular complexity index is 343. The van der Waals surface area contributed by atoms with E-state index in [9.17, 15) is 9.90 Å². The van der Waals surface area contributed by atoms with E-state index in [0.717, 1.165) is 5.69 Å². The number of aromatic nitrogens is 1. The van der Waals surface area contributed by atoms with E-state index in [1.807, 2.05) is 4.57 Å². The van der Waals surface area contributed by atoms with E-state index in [2.05, 4.69) is 4.74 Å². The highest BCUT2D eigenvalue weighted by Gasteiger charge is 2.24. The molecule has 0 radical (unpaired) electrons. The molecule has 1 atom stereocenters. The second-order valence-electron chi connectivity index (χ2n) is 3.18. The van der Waals surface area contributed by atoms with Crippen LogP contribution in [0.5, 0.6) is 0 Å². The van der Waals surface area contributed by atoms with Gasteiger partial charge in [-0.1, -0.05) is 0 Å². The number of methoxy groups -OCH3 is 1. The molecular weight excluding hydrogens is 170 g/mol. The summed E-state index contributed by atoms with van der Waals surface area (Å²) in [5, 5.41) is 9.35. The first-order valence-corrected chi connectivity index (χ1v) is 4.16. The molecule has 0 spiro atoms. The summed E-state index contributed by atoms with van der Waals surface area (Å²) in [6, 6.07) is 1.73. The van der Waals surface area contributed by atoms with E-state index < -0.39 is 0 Å². The summed E-state index contributed by atoms with van der Waals surface area (Å²) in [6.45, 7) is 0.576. The topological polar surface area (TPSA) is 51.5 Å². The molecule has 4 nitrogen and oxygen atoms in total. The number of carbonyl (C=O) groups excluding carboxylic acids is 1. The predicted molar refractivity (Wildman–Crippen MR) is 45.5 cm³/mol. The van der Waals surface area contributed by atoms with Crippen molar-refractivity contribution in [2.24, 2.45) is 0 Å². The molecule has 70 valence electrons. The third-order valence-electron chi connectivity index (χ3n) is 2.32. The van der Waals surface area contributed by atoms with Crippen LogP contribution in [-0.2, 0) is 17.7 Å². The predicted octanol–water partition coefficient (Wildman–Crippen LogP) is 0.192. The molecule has 1 aromatic rings. The number of nitrogens with zero attached hydrogens (tertiary/aromatic N) is 1. The summed E-state index contributed by atoms with van der Waals surface area (Å²) in [4.78, 5) is 11.2. The fraction of sp³-hybridized carbons (Fsp3) is 0.444. The van der Waals surface area contributed by atoms with Crippen molar-refractivity contribution >= 4 is 5.97 Å². The van der Waals surface area contributed by atoms with Gasteiger partial charge in [-0.15, -0.1) is 0 Å². The number of hydrogen-bond donors (Lipinski definition) is 1. The van der Waals surface area contributed by atoms with Crippen LogP contribution in [0.15, 0.2) is 12.3 Å². The van der Waals surface area contributed by atoms with Gasteiger partial charge in [0.2, 0.25) is 0 Å². The van der Waals surface area contributed by atoms with Gasteiger partial charge in [0.25, 0.3) is 0 Å². The van der Waals surface area contributed by atoms with Gasteiger partial charge >= 0.3 is 5.97 Å². The lowest BCUT2D eigenvalue weighted by atomic mass is 10.2. The lowest BCUT2D eigenvalue weighted by Gasteiger charge is -1.98. The maximum atomic E-state index is 11.2. The highest BCUT2D eigenvalue weighted by Crippen LogP contribution is 2.21. The van der Waals surface area contributed by atoms with Crippen LogP contribution in [0.25, 0.3) is 0 Å². The summed E-state index contributed by atoms with van der Waals surface area (Å²) < 4.78 is 6.51. The maximum absolute atomic E-state index is 11.2. The Morgan fingerprint density at radius 3 is 3.23 bits per heavy atom. The quantitative estimate of drug-likeness (QED) is 0.629. The van der Waals surface area contributed by atoms with E-state index >= 15 is 0 Å². The molecule has 0 saturated carbocycles. The zero-order chi connectivity index (χ0) is 9.42. The van der Waals surface area contributed by atoms with Gasteiger partial charge in [-0.25, -0.2) is 4.79 Å². The summed E-state index contributed by atoms with van der Waals surface area (Å²) in [7, 11) is 1.36. The van der Waals surface area contributed by atoms with Gasteiger partial charge in [0.1, 0.15) is 0 Å². The minimum atomic E-state index is -0.361. The maximum Gasteiger partial charge on any atom is 0.339 e. The van der Waals surface area contributed by atoms with Gasteiger partial charge in [0.15, 0.2) is 0 Å². The average Bonchev–Trinajstić information content (AvgIpc) is 2.61. The highest BCUT2D eigenvalue weighted by molar-refractivity contribution is 5.90. The monoisotopic (exact) mass is 181 g/mol. The lowest BCUT2D eigenvalue weighted by molar-refractivity contribution is 0.0599. The number of esters is 1. The average molecular weight is 181 g/mol. The van der Waals surface area contributed by atoms with Gasteiger partial charge in [0.05, 0.1) is 18.8 Å². The number of hydrogen-bond acceptors (Lipinski definition) is 3. The molecule has 1 aliphatic heterocycles. The smallest absolute Gasteiger partial charge is 0.339 e. The van der Waals surface area contributed by atoms with Crippen molar-refractivity contribution in [2.45, 2.75) is 19.1 Å². The molecule has 2 heterocycles. The molecule has 2 rings (SSSR count). The number of fused-ring (bicyclic) bond motifs is 1. The number of carbonyl (C=O) groups is 1.